The first-order valence-corrected chi connectivity index (χ1v) is 6.12. The minimum Gasteiger partial charge on any atom is -0.467 e. The van der Waals surface area contributed by atoms with Crippen LogP contribution in [-0.2, 0) is 11.3 Å². The summed E-state index contributed by atoms with van der Waals surface area (Å²) >= 11 is 5.98. The molecule has 0 bridgehead atoms. The van der Waals surface area contributed by atoms with Gasteiger partial charge in [0.25, 0.3) is 0 Å². The van der Waals surface area contributed by atoms with Gasteiger partial charge in [-0.2, -0.15) is 0 Å². The molecule has 0 radical (unpaired) electrons. The molecular weight excluding hydrogens is 238 g/mol. The molecule has 0 fully saturated rings. The van der Waals surface area contributed by atoms with E-state index in [0.717, 1.165) is 29.4 Å². The fraction of sp³-hybridized carbons (Fsp3) is 0.538. The summed E-state index contributed by atoms with van der Waals surface area (Å²) in [5.41, 5.74) is 1.05. The number of ether oxygens (including phenoxy) is 2. The lowest BCUT2D eigenvalue weighted by Gasteiger charge is -2.13. The highest BCUT2D eigenvalue weighted by atomic mass is 35.5. The van der Waals surface area contributed by atoms with E-state index in [1.54, 1.807) is 7.11 Å². The Balaban J connectivity index is 2.62. The Hall–Kier alpha value is -0.770. The van der Waals surface area contributed by atoms with Crippen LogP contribution in [0, 0.1) is 5.92 Å². The van der Waals surface area contributed by atoms with Crippen LogP contribution in [0.2, 0.25) is 5.02 Å². The Morgan fingerprint density at radius 3 is 2.76 bits per heavy atom. The molecule has 0 atom stereocenters. The predicted molar refractivity (Wildman–Crippen MR) is 70.5 cm³/mol. The summed E-state index contributed by atoms with van der Waals surface area (Å²) in [4.78, 5) is 0. The van der Waals surface area contributed by atoms with Crippen molar-refractivity contribution in [3.63, 3.8) is 0 Å². The van der Waals surface area contributed by atoms with Gasteiger partial charge in [0.05, 0.1) is 0 Å². The lowest BCUT2D eigenvalue weighted by molar-refractivity contribution is 0.0503. The molecule has 1 aromatic carbocycles. The van der Waals surface area contributed by atoms with Crippen LogP contribution < -0.4 is 10.1 Å². The summed E-state index contributed by atoms with van der Waals surface area (Å²) in [5, 5.41) is 4.08. The Morgan fingerprint density at radius 1 is 1.35 bits per heavy atom. The van der Waals surface area contributed by atoms with Crippen LogP contribution in [0.4, 0.5) is 0 Å². The van der Waals surface area contributed by atoms with Gasteiger partial charge in [-0.15, -0.1) is 0 Å². The van der Waals surface area contributed by atoms with Crippen molar-refractivity contribution < 1.29 is 9.47 Å². The molecule has 0 aromatic heterocycles. The molecule has 17 heavy (non-hydrogen) atoms. The zero-order valence-electron chi connectivity index (χ0n) is 10.6. The van der Waals surface area contributed by atoms with Gasteiger partial charge in [0.2, 0.25) is 0 Å². The van der Waals surface area contributed by atoms with E-state index in [1.807, 2.05) is 18.2 Å². The topological polar surface area (TPSA) is 30.5 Å². The van der Waals surface area contributed by atoms with Gasteiger partial charge in [-0.25, -0.2) is 0 Å². The fourth-order valence-corrected chi connectivity index (χ4v) is 1.64. The first-order valence-electron chi connectivity index (χ1n) is 5.74. The highest BCUT2D eigenvalue weighted by Crippen LogP contribution is 2.22. The van der Waals surface area contributed by atoms with E-state index in [0.29, 0.717) is 5.92 Å². The van der Waals surface area contributed by atoms with Crippen molar-refractivity contribution in [1.29, 1.82) is 0 Å². The molecule has 1 aromatic rings. The van der Waals surface area contributed by atoms with Crippen molar-refractivity contribution in [3.8, 4) is 5.75 Å². The van der Waals surface area contributed by atoms with E-state index < -0.39 is 0 Å². The van der Waals surface area contributed by atoms with Crippen molar-refractivity contribution >= 4 is 11.6 Å². The van der Waals surface area contributed by atoms with Gasteiger partial charge < -0.3 is 14.8 Å². The maximum atomic E-state index is 5.98. The first kappa shape index (κ1) is 14.3. The van der Waals surface area contributed by atoms with Gasteiger partial charge in [0.1, 0.15) is 5.75 Å². The second-order valence-corrected chi connectivity index (χ2v) is 4.76. The molecule has 0 unspecified atom stereocenters. The number of nitrogens with one attached hydrogen (secondary N) is 1. The molecule has 0 saturated carbocycles. The third-order valence-electron chi connectivity index (χ3n) is 2.22. The smallest absolute Gasteiger partial charge is 0.188 e. The second kappa shape index (κ2) is 7.54. The van der Waals surface area contributed by atoms with Crippen molar-refractivity contribution in [3.05, 3.63) is 28.8 Å². The highest BCUT2D eigenvalue weighted by Gasteiger charge is 2.05. The van der Waals surface area contributed by atoms with E-state index in [4.69, 9.17) is 21.1 Å². The van der Waals surface area contributed by atoms with Crippen LogP contribution in [0.1, 0.15) is 19.4 Å². The van der Waals surface area contributed by atoms with Crippen molar-refractivity contribution in [2.24, 2.45) is 5.92 Å². The summed E-state index contributed by atoms with van der Waals surface area (Å²) < 4.78 is 10.4. The molecular formula is C13H20ClNO2. The van der Waals surface area contributed by atoms with Crippen LogP contribution in [-0.4, -0.2) is 20.4 Å². The minimum atomic E-state index is 0.249. The molecule has 0 aliphatic heterocycles. The molecule has 1 rings (SSSR count). The van der Waals surface area contributed by atoms with Crippen LogP contribution in [0.25, 0.3) is 0 Å². The number of halogens is 1. The predicted octanol–water partition coefficient (Wildman–Crippen LogP) is 3.07. The molecule has 0 aliphatic rings. The molecule has 4 heteroatoms. The van der Waals surface area contributed by atoms with Crippen LogP contribution in [0.3, 0.4) is 0 Å². The Morgan fingerprint density at radius 2 is 2.12 bits per heavy atom. The van der Waals surface area contributed by atoms with Crippen molar-refractivity contribution in [2.45, 2.75) is 20.4 Å². The van der Waals surface area contributed by atoms with Crippen molar-refractivity contribution in [2.75, 3.05) is 20.4 Å². The standard InChI is InChI=1S/C13H20ClNO2/c1-10(2)7-15-8-11-6-12(14)4-5-13(11)17-9-16-3/h4-6,10,15H,7-9H2,1-3H3. The molecule has 96 valence electrons. The monoisotopic (exact) mass is 257 g/mol. The van der Waals surface area contributed by atoms with E-state index >= 15 is 0 Å². The Labute approximate surface area is 108 Å². The lowest BCUT2D eigenvalue weighted by atomic mass is 10.2. The number of hydrogen-bond donors (Lipinski definition) is 1. The number of benzene rings is 1. The number of methoxy groups -OCH3 is 1. The SMILES string of the molecule is COCOc1ccc(Cl)cc1CNCC(C)C. The van der Waals surface area contributed by atoms with Crippen LogP contribution in [0.15, 0.2) is 18.2 Å². The third-order valence-corrected chi connectivity index (χ3v) is 2.46. The highest BCUT2D eigenvalue weighted by molar-refractivity contribution is 6.30. The van der Waals surface area contributed by atoms with Crippen molar-refractivity contribution in [1.82, 2.24) is 5.32 Å². The van der Waals surface area contributed by atoms with Crippen LogP contribution in [0.5, 0.6) is 5.75 Å². The van der Waals surface area contributed by atoms with Gasteiger partial charge >= 0.3 is 0 Å². The molecule has 0 spiro atoms. The first-order chi connectivity index (χ1) is 8.13. The van der Waals surface area contributed by atoms with Gasteiger partial charge in [-0.3, -0.25) is 0 Å². The van der Waals surface area contributed by atoms with Gasteiger partial charge in [0, 0.05) is 24.2 Å². The average Bonchev–Trinajstić information content (AvgIpc) is 2.27. The normalized spacial score (nSPS) is 10.9. The maximum absolute atomic E-state index is 5.98. The molecule has 0 heterocycles. The van der Waals surface area contributed by atoms with E-state index in [1.165, 1.54) is 0 Å². The quantitative estimate of drug-likeness (QED) is 0.762. The Kier molecular flexibility index (Phi) is 6.34. The minimum absolute atomic E-state index is 0.249. The molecule has 1 N–H and O–H groups in total. The zero-order chi connectivity index (χ0) is 12.7. The van der Waals surface area contributed by atoms with E-state index in [9.17, 15) is 0 Å². The second-order valence-electron chi connectivity index (χ2n) is 4.33. The van der Waals surface area contributed by atoms with Gasteiger partial charge in [0.15, 0.2) is 6.79 Å². The van der Waals surface area contributed by atoms with Gasteiger partial charge in [-0.05, 0) is 30.7 Å². The average molecular weight is 258 g/mol. The number of hydrogen-bond acceptors (Lipinski definition) is 3. The molecule has 0 aliphatic carbocycles. The lowest BCUT2D eigenvalue weighted by Crippen LogP contribution is -2.19. The van der Waals surface area contributed by atoms with Gasteiger partial charge in [-0.1, -0.05) is 25.4 Å². The fourth-order valence-electron chi connectivity index (χ4n) is 1.44. The summed E-state index contributed by atoms with van der Waals surface area (Å²) in [5.74, 6) is 1.44. The third kappa shape index (κ3) is 5.39. The summed E-state index contributed by atoms with van der Waals surface area (Å²) in [6.07, 6.45) is 0. The van der Waals surface area contributed by atoms with E-state index in [2.05, 4.69) is 19.2 Å². The van der Waals surface area contributed by atoms with E-state index in [-0.39, 0.29) is 6.79 Å². The molecule has 0 saturated heterocycles. The zero-order valence-corrected chi connectivity index (χ0v) is 11.4. The van der Waals surface area contributed by atoms with Crippen LogP contribution >= 0.6 is 11.6 Å². The summed E-state index contributed by atoms with van der Waals surface area (Å²) in [6, 6.07) is 5.60. The number of rotatable bonds is 7. The molecule has 0 amide bonds. The largest absolute Gasteiger partial charge is 0.467 e. The summed E-state index contributed by atoms with van der Waals surface area (Å²) in [6.45, 7) is 6.31. The summed E-state index contributed by atoms with van der Waals surface area (Å²) in [7, 11) is 1.60. The molecule has 3 nitrogen and oxygen atoms in total. The Bertz CT molecular complexity index is 342. The maximum Gasteiger partial charge on any atom is 0.188 e.